The smallest absolute Gasteiger partial charge is 0.125 e. The Morgan fingerprint density at radius 3 is 2.68 bits per heavy atom. The van der Waals surface area contributed by atoms with E-state index in [-0.39, 0.29) is 11.7 Å². The van der Waals surface area contributed by atoms with Crippen LogP contribution in [0.25, 0.3) is 0 Å². The summed E-state index contributed by atoms with van der Waals surface area (Å²) in [6, 6.07) is 7.46. The number of nitrogens with zero attached hydrogens (tertiary/aromatic N) is 2. The van der Waals surface area contributed by atoms with Crippen molar-refractivity contribution >= 4 is 5.69 Å². The predicted octanol–water partition coefficient (Wildman–Crippen LogP) is 2.90. The second-order valence-electron chi connectivity index (χ2n) is 7.69. The summed E-state index contributed by atoms with van der Waals surface area (Å²) in [6.07, 6.45) is 3.73. The van der Waals surface area contributed by atoms with Crippen LogP contribution in [0.4, 0.5) is 10.1 Å². The zero-order chi connectivity index (χ0) is 17.9. The highest BCUT2D eigenvalue weighted by atomic mass is 19.1. The SMILES string of the molecule is COCC[C@]1(O)CCN(C2CCN(c3cccc(F)c3)CC2)C[C@H]1C. The van der Waals surface area contributed by atoms with E-state index >= 15 is 0 Å². The van der Waals surface area contributed by atoms with Gasteiger partial charge >= 0.3 is 0 Å². The number of anilines is 1. The van der Waals surface area contributed by atoms with Gasteiger partial charge in [0.1, 0.15) is 5.82 Å². The largest absolute Gasteiger partial charge is 0.389 e. The lowest BCUT2D eigenvalue weighted by molar-refractivity contribution is -0.0898. The third kappa shape index (κ3) is 4.33. The van der Waals surface area contributed by atoms with Gasteiger partial charge in [-0.25, -0.2) is 4.39 Å². The summed E-state index contributed by atoms with van der Waals surface area (Å²) >= 11 is 0. The molecule has 2 atom stereocenters. The maximum absolute atomic E-state index is 13.4. The first-order valence-corrected chi connectivity index (χ1v) is 9.48. The van der Waals surface area contributed by atoms with Gasteiger partial charge in [-0.3, -0.25) is 4.90 Å². The van der Waals surface area contributed by atoms with Gasteiger partial charge in [0.05, 0.1) is 5.60 Å². The van der Waals surface area contributed by atoms with Gasteiger partial charge < -0.3 is 14.7 Å². The normalized spacial score (nSPS) is 29.1. The number of likely N-dealkylation sites (tertiary alicyclic amines) is 1. The summed E-state index contributed by atoms with van der Waals surface area (Å²) in [4.78, 5) is 4.83. The first kappa shape index (κ1) is 18.6. The quantitative estimate of drug-likeness (QED) is 0.886. The van der Waals surface area contributed by atoms with Gasteiger partial charge in [-0.05, 0) is 49.8 Å². The van der Waals surface area contributed by atoms with Crippen molar-refractivity contribution in [2.24, 2.45) is 5.92 Å². The number of hydrogen-bond acceptors (Lipinski definition) is 4. The van der Waals surface area contributed by atoms with E-state index in [2.05, 4.69) is 16.7 Å². The van der Waals surface area contributed by atoms with Crippen molar-refractivity contribution < 1.29 is 14.2 Å². The van der Waals surface area contributed by atoms with Crippen LogP contribution in [-0.2, 0) is 4.74 Å². The number of rotatable bonds is 5. The van der Waals surface area contributed by atoms with Crippen LogP contribution >= 0.6 is 0 Å². The number of aliphatic hydroxyl groups is 1. The molecule has 0 unspecified atom stereocenters. The Bertz CT molecular complexity index is 562. The molecular formula is C20H31FN2O2. The van der Waals surface area contributed by atoms with E-state index in [1.165, 1.54) is 6.07 Å². The molecule has 0 aromatic heterocycles. The molecule has 1 aromatic carbocycles. The van der Waals surface area contributed by atoms with Gasteiger partial charge in [-0.1, -0.05) is 13.0 Å². The molecule has 2 fully saturated rings. The number of hydrogen-bond donors (Lipinski definition) is 1. The van der Waals surface area contributed by atoms with Crippen molar-refractivity contribution in [1.29, 1.82) is 0 Å². The molecule has 2 aliphatic rings. The van der Waals surface area contributed by atoms with Crippen molar-refractivity contribution in [1.82, 2.24) is 4.90 Å². The van der Waals surface area contributed by atoms with Crippen molar-refractivity contribution in [3.63, 3.8) is 0 Å². The molecule has 3 rings (SSSR count). The number of piperidine rings is 2. The van der Waals surface area contributed by atoms with Gasteiger partial charge in [0.15, 0.2) is 0 Å². The molecule has 25 heavy (non-hydrogen) atoms. The van der Waals surface area contributed by atoms with Crippen LogP contribution in [0.15, 0.2) is 24.3 Å². The number of ether oxygens (including phenoxy) is 1. The Hall–Kier alpha value is -1.17. The minimum Gasteiger partial charge on any atom is -0.389 e. The van der Waals surface area contributed by atoms with E-state index in [4.69, 9.17) is 4.74 Å². The fourth-order valence-electron chi connectivity index (χ4n) is 4.34. The standard InChI is InChI=1S/C20H31FN2O2/c1-16-15-23(12-8-20(16,24)9-13-25-2)18-6-10-22(11-7-18)19-5-3-4-17(21)14-19/h3-5,14,16,18,24H,6-13,15H2,1-2H3/t16-,20-/m1/s1. The highest BCUT2D eigenvalue weighted by Gasteiger charge is 2.40. The van der Waals surface area contributed by atoms with Gasteiger partial charge in [0, 0.05) is 51.6 Å². The number of benzene rings is 1. The van der Waals surface area contributed by atoms with E-state index in [1.807, 2.05) is 6.07 Å². The van der Waals surface area contributed by atoms with Crippen LogP contribution in [0, 0.1) is 11.7 Å². The van der Waals surface area contributed by atoms with Crippen LogP contribution < -0.4 is 4.90 Å². The van der Waals surface area contributed by atoms with Gasteiger partial charge in [-0.2, -0.15) is 0 Å². The molecule has 1 aromatic rings. The molecule has 2 saturated heterocycles. The third-order valence-electron chi connectivity index (χ3n) is 6.15. The minimum absolute atomic E-state index is 0.167. The zero-order valence-electron chi connectivity index (χ0n) is 15.5. The monoisotopic (exact) mass is 350 g/mol. The molecule has 4 nitrogen and oxygen atoms in total. The van der Waals surface area contributed by atoms with Crippen molar-refractivity contribution in [2.75, 3.05) is 44.8 Å². The van der Waals surface area contributed by atoms with Crippen molar-refractivity contribution in [3.8, 4) is 0 Å². The molecule has 140 valence electrons. The first-order valence-electron chi connectivity index (χ1n) is 9.48. The summed E-state index contributed by atoms with van der Waals surface area (Å²) in [5, 5.41) is 10.9. The molecule has 0 saturated carbocycles. The molecule has 0 amide bonds. The van der Waals surface area contributed by atoms with Crippen LogP contribution in [-0.4, -0.2) is 61.5 Å². The fraction of sp³-hybridized carbons (Fsp3) is 0.700. The molecular weight excluding hydrogens is 319 g/mol. The lowest BCUT2D eigenvalue weighted by Crippen LogP contribution is -2.55. The fourth-order valence-corrected chi connectivity index (χ4v) is 4.34. The Morgan fingerprint density at radius 2 is 2.04 bits per heavy atom. The molecule has 2 aliphatic heterocycles. The highest BCUT2D eigenvalue weighted by Crippen LogP contribution is 2.33. The summed E-state index contributed by atoms with van der Waals surface area (Å²) < 4.78 is 18.6. The first-order chi connectivity index (χ1) is 12.0. The Balaban J connectivity index is 1.52. The highest BCUT2D eigenvalue weighted by molar-refractivity contribution is 5.46. The van der Waals surface area contributed by atoms with Crippen LogP contribution in [0.1, 0.15) is 32.6 Å². The van der Waals surface area contributed by atoms with Crippen molar-refractivity contribution in [2.45, 2.75) is 44.2 Å². The van der Waals surface area contributed by atoms with Crippen molar-refractivity contribution in [3.05, 3.63) is 30.1 Å². The number of methoxy groups -OCH3 is 1. The maximum atomic E-state index is 13.4. The molecule has 0 bridgehead atoms. The summed E-state index contributed by atoms with van der Waals surface area (Å²) in [5.74, 6) is 0.0949. The van der Waals surface area contributed by atoms with Gasteiger partial charge in [0.2, 0.25) is 0 Å². The summed E-state index contributed by atoms with van der Waals surface area (Å²) in [6.45, 7) is 6.61. The molecule has 0 radical (unpaired) electrons. The van der Waals surface area contributed by atoms with Crippen LogP contribution in [0.2, 0.25) is 0 Å². The minimum atomic E-state index is -0.589. The van der Waals surface area contributed by atoms with E-state index in [0.29, 0.717) is 12.6 Å². The molecule has 0 spiro atoms. The van der Waals surface area contributed by atoms with Gasteiger partial charge in [-0.15, -0.1) is 0 Å². The van der Waals surface area contributed by atoms with Crippen LogP contribution in [0.5, 0.6) is 0 Å². The number of halogens is 1. The molecule has 5 heteroatoms. The average Bonchev–Trinajstić information content (AvgIpc) is 2.63. The lowest BCUT2D eigenvalue weighted by Gasteiger charge is -2.48. The molecule has 2 heterocycles. The average molecular weight is 350 g/mol. The second kappa shape index (κ2) is 8.02. The predicted molar refractivity (Wildman–Crippen MR) is 98.4 cm³/mol. The van der Waals surface area contributed by atoms with E-state index in [9.17, 15) is 9.50 Å². The van der Waals surface area contributed by atoms with E-state index < -0.39 is 5.60 Å². The Kier molecular flexibility index (Phi) is 5.97. The third-order valence-corrected chi connectivity index (χ3v) is 6.15. The van der Waals surface area contributed by atoms with E-state index in [1.54, 1.807) is 19.2 Å². The lowest BCUT2D eigenvalue weighted by atomic mass is 9.79. The maximum Gasteiger partial charge on any atom is 0.125 e. The Morgan fingerprint density at radius 1 is 1.28 bits per heavy atom. The molecule has 1 N–H and O–H groups in total. The molecule has 0 aliphatic carbocycles. The zero-order valence-corrected chi connectivity index (χ0v) is 15.5. The second-order valence-corrected chi connectivity index (χ2v) is 7.69. The Labute approximate surface area is 150 Å². The van der Waals surface area contributed by atoms with Gasteiger partial charge in [0.25, 0.3) is 0 Å². The topological polar surface area (TPSA) is 35.9 Å². The van der Waals surface area contributed by atoms with E-state index in [0.717, 1.165) is 57.5 Å². The van der Waals surface area contributed by atoms with Crippen LogP contribution in [0.3, 0.4) is 0 Å². The summed E-state index contributed by atoms with van der Waals surface area (Å²) in [7, 11) is 1.69. The summed E-state index contributed by atoms with van der Waals surface area (Å²) in [5.41, 5.74) is 0.397.